The van der Waals surface area contributed by atoms with Crippen LogP contribution in [0.5, 0.6) is 5.75 Å². The van der Waals surface area contributed by atoms with E-state index in [1.807, 2.05) is 19.9 Å². The van der Waals surface area contributed by atoms with E-state index in [1.165, 1.54) is 7.11 Å². The fourth-order valence-electron chi connectivity index (χ4n) is 2.36. The summed E-state index contributed by atoms with van der Waals surface area (Å²) in [5, 5.41) is 4.06. The minimum absolute atomic E-state index is 0.0197. The largest absolute Gasteiger partial charge is 0.495 e. The van der Waals surface area contributed by atoms with Crippen LogP contribution >= 0.6 is 0 Å². The molecule has 0 fully saturated rings. The van der Waals surface area contributed by atoms with Gasteiger partial charge in [-0.3, -0.25) is 4.79 Å². The average molecular weight is 336 g/mol. The van der Waals surface area contributed by atoms with Crippen LogP contribution in [0.15, 0.2) is 34.3 Å². The molecular formula is C16H20N2O4S. The van der Waals surface area contributed by atoms with E-state index in [9.17, 15) is 13.2 Å². The summed E-state index contributed by atoms with van der Waals surface area (Å²) >= 11 is 0. The van der Waals surface area contributed by atoms with Crippen molar-refractivity contribution in [3.05, 3.63) is 29.8 Å². The fourth-order valence-corrected chi connectivity index (χ4v) is 3.21. The van der Waals surface area contributed by atoms with Crippen molar-refractivity contribution in [2.45, 2.75) is 25.2 Å². The number of benzene rings is 1. The quantitative estimate of drug-likeness (QED) is 0.911. The minimum Gasteiger partial charge on any atom is -0.495 e. The molecule has 1 N–H and O–H groups in total. The minimum atomic E-state index is -3.39. The van der Waals surface area contributed by atoms with Crippen LogP contribution in [-0.2, 0) is 14.6 Å². The molecular weight excluding hydrogens is 316 g/mol. The van der Waals surface area contributed by atoms with Crippen molar-refractivity contribution < 1.29 is 17.9 Å². The Labute approximate surface area is 136 Å². The third kappa shape index (κ3) is 3.98. The molecule has 23 heavy (non-hydrogen) atoms. The summed E-state index contributed by atoms with van der Waals surface area (Å²) in [6, 6.07) is 5.02. The van der Waals surface area contributed by atoms with Crippen molar-refractivity contribution in [3.8, 4) is 5.75 Å². The maximum Gasteiger partial charge on any atom is 0.240 e. The molecule has 1 unspecified atom stereocenters. The number of hydrogen-bond acceptors (Lipinski definition) is 5. The maximum atomic E-state index is 11.9. The summed E-state index contributed by atoms with van der Waals surface area (Å²) in [5.74, 6) is 0.238. The number of carbonyl (C=O) groups excluding carboxylic acids is 1. The van der Waals surface area contributed by atoms with Gasteiger partial charge in [-0.2, -0.15) is 5.10 Å². The summed E-state index contributed by atoms with van der Waals surface area (Å²) in [6.45, 7) is 3.80. The SMILES string of the molecule is COc1ccc(C(C)=CC2=NNC(=O)CC2C)cc1S(C)(=O)=O. The highest BCUT2D eigenvalue weighted by molar-refractivity contribution is 7.90. The second-order valence-corrected chi connectivity index (χ2v) is 7.63. The lowest BCUT2D eigenvalue weighted by Crippen LogP contribution is -2.30. The molecule has 1 atom stereocenters. The molecule has 0 spiro atoms. The zero-order chi connectivity index (χ0) is 17.2. The van der Waals surface area contributed by atoms with Gasteiger partial charge in [-0.1, -0.05) is 13.0 Å². The number of allylic oxidation sites excluding steroid dienone is 2. The first-order valence-corrected chi connectivity index (χ1v) is 9.04. The van der Waals surface area contributed by atoms with E-state index in [-0.39, 0.29) is 16.7 Å². The van der Waals surface area contributed by atoms with Gasteiger partial charge in [0.2, 0.25) is 5.91 Å². The van der Waals surface area contributed by atoms with Gasteiger partial charge in [0.1, 0.15) is 10.6 Å². The van der Waals surface area contributed by atoms with Crippen molar-refractivity contribution in [3.63, 3.8) is 0 Å². The van der Waals surface area contributed by atoms with Crippen molar-refractivity contribution in [1.29, 1.82) is 0 Å². The predicted molar refractivity (Wildman–Crippen MR) is 89.1 cm³/mol. The van der Waals surface area contributed by atoms with Gasteiger partial charge in [0.15, 0.2) is 9.84 Å². The normalized spacial score (nSPS) is 19.1. The zero-order valence-corrected chi connectivity index (χ0v) is 14.4. The second kappa shape index (κ2) is 6.54. The van der Waals surface area contributed by atoms with Gasteiger partial charge in [-0.05, 0) is 36.3 Å². The van der Waals surface area contributed by atoms with E-state index >= 15 is 0 Å². The molecule has 0 aliphatic carbocycles. The molecule has 0 bridgehead atoms. The van der Waals surface area contributed by atoms with Gasteiger partial charge in [0.25, 0.3) is 0 Å². The third-order valence-corrected chi connectivity index (χ3v) is 4.81. The number of methoxy groups -OCH3 is 1. The number of rotatable bonds is 4. The summed E-state index contributed by atoms with van der Waals surface area (Å²) < 4.78 is 28.9. The molecule has 1 aliphatic heterocycles. The molecule has 0 saturated carbocycles. The van der Waals surface area contributed by atoms with E-state index < -0.39 is 9.84 Å². The monoisotopic (exact) mass is 336 g/mol. The number of nitrogens with one attached hydrogen (secondary N) is 1. The van der Waals surface area contributed by atoms with Crippen LogP contribution in [-0.4, -0.2) is 33.4 Å². The van der Waals surface area contributed by atoms with Crippen molar-refractivity contribution in [1.82, 2.24) is 5.43 Å². The van der Waals surface area contributed by atoms with Crippen LogP contribution in [0.3, 0.4) is 0 Å². The van der Waals surface area contributed by atoms with E-state index in [4.69, 9.17) is 4.74 Å². The van der Waals surface area contributed by atoms with E-state index in [2.05, 4.69) is 10.5 Å². The van der Waals surface area contributed by atoms with Crippen LogP contribution in [0.4, 0.5) is 0 Å². The predicted octanol–water partition coefficient (Wildman–Crippen LogP) is 2.01. The van der Waals surface area contributed by atoms with Crippen molar-refractivity contribution in [2.75, 3.05) is 13.4 Å². The zero-order valence-electron chi connectivity index (χ0n) is 13.6. The number of hydrazone groups is 1. The Bertz CT molecular complexity index is 794. The van der Waals surface area contributed by atoms with Gasteiger partial charge in [-0.15, -0.1) is 0 Å². The van der Waals surface area contributed by atoms with Crippen molar-refractivity contribution in [2.24, 2.45) is 11.0 Å². The number of carbonyl (C=O) groups is 1. The lowest BCUT2D eigenvalue weighted by atomic mass is 9.96. The molecule has 1 amide bonds. The van der Waals surface area contributed by atoms with Gasteiger partial charge < -0.3 is 4.74 Å². The molecule has 0 radical (unpaired) electrons. The molecule has 1 aliphatic rings. The first-order chi connectivity index (χ1) is 10.7. The highest BCUT2D eigenvalue weighted by Crippen LogP contribution is 2.28. The third-order valence-electron chi connectivity index (χ3n) is 3.69. The first kappa shape index (κ1) is 17.2. The topological polar surface area (TPSA) is 84.8 Å². The van der Waals surface area contributed by atoms with Gasteiger partial charge in [0.05, 0.1) is 12.8 Å². The molecule has 0 aromatic heterocycles. The molecule has 0 saturated heterocycles. The number of hydrogen-bond donors (Lipinski definition) is 1. The number of ether oxygens (including phenoxy) is 1. The van der Waals surface area contributed by atoms with Gasteiger partial charge >= 0.3 is 0 Å². The summed E-state index contributed by atoms with van der Waals surface area (Å²) in [7, 11) is -1.95. The Hall–Kier alpha value is -2.15. The summed E-state index contributed by atoms with van der Waals surface area (Å²) in [4.78, 5) is 11.4. The molecule has 6 nitrogen and oxygen atoms in total. The van der Waals surface area contributed by atoms with Gasteiger partial charge in [-0.25, -0.2) is 13.8 Å². The molecule has 1 heterocycles. The smallest absolute Gasteiger partial charge is 0.240 e. The van der Waals surface area contributed by atoms with Crippen LogP contribution in [0.1, 0.15) is 25.8 Å². The molecule has 2 rings (SSSR count). The Morgan fingerprint density at radius 2 is 2.13 bits per heavy atom. The van der Waals surface area contributed by atoms with E-state index in [1.54, 1.807) is 18.2 Å². The Balaban J connectivity index is 2.42. The summed E-state index contributed by atoms with van der Waals surface area (Å²) in [5.41, 5.74) is 4.85. The highest BCUT2D eigenvalue weighted by atomic mass is 32.2. The lowest BCUT2D eigenvalue weighted by Gasteiger charge is -2.17. The van der Waals surface area contributed by atoms with E-state index in [0.717, 1.165) is 23.1 Å². The fraction of sp³-hybridized carbons (Fsp3) is 0.375. The van der Waals surface area contributed by atoms with Crippen LogP contribution in [0.25, 0.3) is 5.57 Å². The van der Waals surface area contributed by atoms with Gasteiger partial charge in [0, 0.05) is 18.6 Å². The van der Waals surface area contributed by atoms with E-state index in [0.29, 0.717) is 12.2 Å². The Kier molecular flexibility index (Phi) is 4.89. The number of sulfone groups is 1. The maximum absolute atomic E-state index is 11.9. The second-order valence-electron chi connectivity index (χ2n) is 5.64. The molecule has 1 aromatic rings. The highest BCUT2D eigenvalue weighted by Gasteiger charge is 2.19. The molecule has 124 valence electrons. The van der Waals surface area contributed by atoms with Crippen LogP contribution < -0.4 is 10.2 Å². The standard InChI is InChI=1S/C16H20N2O4S/c1-10(7-13-11(2)8-16(19)18-17-13)12-5-6-14(22-3)15(9-12)23(4,20)21/h5-7,9,11H,8H2,1-4H3,(H,18,19). The summed E-state index contributed by atoms with van der Waals surface area (Å²) in [6.07, 6.45) is 3.40. The molecule has 1 aromatic carbocycles. The first-order valence-electron chi connectivity index (χ1n) is 7.15. The Morgan fingerprint density at radius 1 is 1.43 bits per heavy atom. The van der Waals surface area contributed by atoms with Crippen LogP contribution in [0, 0.1) is 5.92 Å². The average Bonchev–Trinajstić information content (AvgIpc) is 2.48. The lowest BCUT2D eigenvalue weighted by molar-refractivity contribution is -0.121. The number of nitrogens with zero attached hydrogens (tertiary/aromatic N) is 1. The number of amides is 1. The van der Waals surface area contributed by atoms with Crippen molar-refractivity contribution >= 4 is 27.0 Å². The van der Waals surface area contributed by atoms with Crippen LogP contribution in [0.2, 0.25) is 0 Å². The molecule has 7 heteroatoms. The Morgan fingerprint density at radius 3 is 2.70 bits per heavy atom.